The van der Waals surface area contributed by atoms with Gasteiger partial charge in [0.15, 0.2) is 0 Å². The second kappa shape index (κ2) is 7.87. The van der Waals surface area contributed by atoms with Crippen LogP contribution in [-0.2, 0) is 11.3 Å². The van der Waals surface area contributed by atoms with Crippen LogP contribution in [0, 0.1) is 12.3 Å². The molecule has 0 bridgehead atoms. The van der Waals surface area contributed by atoms with Gasteiger partial charge in [0, 0.05) is 37.4 Å². The zero-order valence-electron chi connectivity index (χ0n) is 13.7. The van der Waals surface area contributed by atoms with E-state index in [0.29, 0.717) is 0 Å². The van der Waals surface area contributed by atoms with Crippen molar-refractivity contribution in [3.8, 4) is 0 Å². The van der Waals surface area contributed by atoms with E-state index in [9.17, 15) is 0 Å². The molecule has 21 heavy (non-hydrogen) atoms. The van der Waals surface area contributed by atoms with Crippen molar-refractivity contribution in [1.29, 1.82) is 0 Å². The van der Waals surface area contributed by atoms with Crippen LogP contribution in [0.1, 0.15) is 31.2 Å². The molecule has 4 nitrogen and oxygen atoms in total. The fraction of sp³-hybridized carbons (Fsp3) is 0.706. The first-order valence-corrected chi connectivity index (χ1v) is 8.05. The van der Waals surface area contributed by atoms with Crippen molar-refractivity contribution in [2.45, 2.75) is 33.2 Å². The van der Waals surface area contributed by atoms with Gasteiger partial charge in [-0.3, -0.25) is 9.88 Å². The first-order valence-electron chi connectivity index (χ1n) is 8.05. The van der Waals surface area contributed by atoms with Gasteiger partial charge >= 0.3 is 0 Å². The van der Waals surface area contributed by atoms with Crippen molar-refractivity contribution in [2.24, 2.45) is 5.41 Å². The lowest BCUT2D eigenvalue weighted by Crippen LogP contribution is -2.48. The van der Waals surface area contributed by atoms with E-state index >= 15 is 0 Å². The number of nitrogens with one attached hydrogen (secondary N) is 1. The van der Waals surface area contributed by atoms with Crippen LogP contribution in [0.3, 0.4) is 0 Å². The van der Waals surface area contributed by atoms with Crippen LogP contribution in [0.25, 0.3) is 0 Å². The van der Waals surface area contributed by atoms with Crippen molar-refractivity contribution in [3.63, 3.8) is 0 Å². The number of aryl methyl sites for hydroxylation is 1. The zero-order valence-corrected chi connectivity index (χ0v) is 13.7. The number of aromatic nitrogens is 1. The third-order valence-electron chi connectivity index (χ3n) is 4.29. The highest BCUT2D eigenvalue weighted by Gasteiger charge is 2.34. The molecule has 1 unspecified atom stereocenters. The minimum Gasteiger partial charge on any atom is -0.381 e. The van der Waals surface area contributed by atoms with Crippen molar-refractivity contribution in [2.75, 3.05) is 39.9 Å². The molecule has 0 aromatic carbocycles. The maximum atomic E-state index is 5.77. The van der Waals surface area contributed by atoms with Gasteiger partial charge in [-0.05, 0) is 45.5 Å². The summed E-state index contributed by atoms with van der Waals surface area (Å²) in [7, 11) is 2.04. The molecule has 1 fully saturated rings. The summed E-state index contributed by atoms with van der Waals surface area (Å²) in [6.07, 6.45) is 2.41. The van der Waals surface area contributed by atoms with E-state index in [0.717, 1.165) is 50.8 Å². The smallest absolute Gasteiger partial charge is 0.0547 e. The minimum absolute atomic E-state index is 0.243. The van der Waals surface area contributed by atoms with Gasteiger partial charge in [0.05, 0.1) is 12.3 Å². The van der Waals surface area contributed by atoms with Crippen molar-refractivity contribution < 1.29 is 4.74 Å². The lowest BCUT2D eigenvalue weighted by atomic mass is 9.81. The molecule has 1 N–H and O–H groups in total. The number of hydrogen-bond acceptors (Lipinski definition) is 4. The van der Waals surface area contributed by atoms with Crippen LogP contribution < -0.4 is 5.32 Å². The van der Waals surface area contributed by atoms with Crippen LogP contribution in [0.15, 0.2) is 18.2 Å². The Morgan fingerprint density at radius 3 is 2.90 bits per heavy atom. The molecular weight excluding hydrogens is 262 g/mol. The molecule has 4 heteroatoms. The van der Waals surface area contributed by atoms with E-state index in [2.05, 4.69) is 47.2 Å². The number of pyridine rings is 1. The average Bonchev–Trinajstić information content (AvgIpc) is 2.48. The SMILES string of the molecule is CCN(Cc1cccc(C)n1)CC1(CNC)CCCOC1. The van der Waals surface area contributed by atoms with E-state index < -0.39 is 0 Å². The Hall–Kier alpha value is -0.970. The molecule has 2 rings (SSSR count). The highest BCUT2D eigenvalue weighted by molar-refractivity contribution is 5.09. The summed E-state index contributed by atoms with van der Waals surface area (Å²) < 4.78 is 5.77. The Kier molecular flexibility index (Phi) is 6.15. The molecule has 1 aliphatic heterocycles. The Labute approximate surface area is 128 Å². The Morgan fingerprint density at radius 1 is 1.43 bits per heavy atom. The third-order valence-corrected chi connectivity index (χ3v) is 4.29. The van der Waals surface area contributed by atoms with E-state index in [-0.39, 0.29) is 5.41 Å². The molecule has 1 aromatic rings. The molecule has 1 aliphatic rings. The summed E-state index contributed by atoms with van der Waals surface area (Å²) in [5.74, 6) is 0. The van der Waals surface area contributed by atoms with E-state index in [1.165, 1.54) is 12.8 Å². The maximum Gasteiger partial charge on any atom is 0.0547 e. The molecular formula is C17H29N3O. The zero-order chi connectivity index (χ0) is 15.1. The molecule has 0 spiro atoms. The predicted molar refractivity (Wildman–Crippen MR) is 86.3 cm³/mol. The fourth-order valence-corrected chi connectivity index (χ4v) is 3.28. The van der Waals surface area contributed by atoms with Crippen molar-refractivity contribution in [3.05, 3.63) is 29.6 Å². The largest absolute Gasteiger partial charge is 0.381 e. The Morgan fingerprint density at radius 2 is 2.29 bits per heavy atom. The maximum absolute atomic E-state index is 5.77. The van der Waals surface area contributed by atoms with Crippen molar-refractivity contribution in [1.82, 2.24) is 15.2 Å². The molecule has 0 aliphatic carbocycles. The van der Waals surface area contributed by atoms with Gasteiger partial charge in [-0.25, -0.2) is 0 Å². The van der Waals surface area contributed by atoms with Gasteiger partial charge in [0.25, 0.3) is 0 Å². The van der Waals surface area contributed by atoms with Crippen LogP contribution in [0.4, 0.5) is 0 Å². The number of hydrogen-bond donors (Lipinski definition) is 1. The first-order chi connectivity index (χ1) is 10.2. The molecule has 1 aromatic heterocycles. The summed E-state index contributed by atoms with van der Waals surface area (Å²) in [5, 5.41) is 3.36. The first kappa shape index (κ1) is 16.4. The summed E-state index contributed by atoms with van der Waals surface area (Å²) in [4.78, 5) is 7.13. The number of nitrogens with zero attached hydrogens (tertiary/aromatic N) is 2. The lowest BCUT2D eigenvalue weighted by Gasteiger charge is -2.40. The van der Waals surface area contributed by atoms with Crippen LogP contribution in [-0.4, -0.2) is 49.8 Å². The Bertz CT molecular complexity index is 424. The predicted octanol–water partition coefficient (Wildman–Crippen LogP) is 2.23. The van der Waals surface area contributed by atoms with E-state index in [4.69, 9.17) is 4.74 Å². The van der Waals surface area contributed by atoms with Gasteiger partial charge < -0.3 is 10.1 Å². The molecule has 0 saturated carbocycles. The quantitative estimate of drug-likeness (QED) is 0.836. The summed E-state index contributed by atoms with van der Waals surface area (Å²) >= 11 is 0. The average molecular weight is 291 g/mol. The summed E-state index contributed by atoms with van der Waals surface area (Å²) in [6, 6.07) is 6.27. The highest BCUT2D eigenvalue weighted by Crippen LogP contribution is 2.29. The monoisotopic (exact) mass is 291 g/mol. The van der Waals surface area contributed by atoms with Gasteiger partial charge in [0.1, 0.15) is 0 Å². The molecule has 1 atom stereocenters. The second-order valence-electron chi connectivity index (χ2n) is 6.26. The molecule has 2 heterocycles. The minimum atomic E-state index is 0.243. The van der Waals surface area contributed by atoms with E-state index in [1.54, 1.807) is 0 Å². The summed E-state index contributed by atoms with van der Waals surface area (Å²) in [6.45, 7) is 10.1. The van der Waals surface area contributed by atoms with Crippen molar-refractivity contribution >= 4 is 0 Å². The molecule has 0 radical (unpaired) electrons. The van der Waals surface area contributed by atoms with Gasteiger partial charge in [0.2, 0.25) is 0 Å². The van der Waals surface area contributed by atoms with E-state index in [1.807, 2.05) is 7.05 Å². The molecule has 118 valence electrons. The van der Waals surface area contributed by atoms with Crippen LogP contribution >= 0.6 is 0 Å². The Balaban J connectivity index is 2.02. The highest BCUT2D eigenvalue weighted by atomic mass is 16.5. The molecule has 0 amide bonds. The number of rotatable bonds is 7. The van der Waals surface area contributed by atoms with Gasteiger partial charge in [-0.15, -0.1) is 0 Å². The number of ether oxygens (including phenoxy) is 1. The lowest BCUT2D eigenvalue weighted by molar-refractivity contribution is -0.0261. The third kappa shape index (κ3) is 4.77. The van der Waals surface area contributed by atoms with Gasteiger partial charge in [-0.1, -0.05) is 13.0 Å². The normalized spacial score (nSPS) is 22.7. The standard InChI is InChI=1S/C17H29N3O/c1-4-20(11-16-8-5-7-15(2)19-16)13-17(12-18-3)9-6-10-21-14-17/h5,7-8,18H,4,6,9-14H2,1-3H3. The van der Waals surface area contributed by atoms with Crippen LogP contribution in [0.2, 0.25) is 0 Å². The second-order valence-corrected chi connectivity index (χ2v) is 6.26. The van der Waals surface area contributed by atoms with Crippen LogP contribution in [0.5, 0.6) is 0 Å². The molecule has 1 saturated heterocycles. The fourth-order valence-electron chi connectivity index (χ4n) is 3.28. The van der Waals surface area contributed by atoms with Gasteiger partial charge in [-0.2, -0.15) is 0 Å². The summed E-state index contributed by atoms with van der Waals surface area (Å²) in [5.41, 5.74) is 2.50. The topological polar surface area (TPSA) is 37.4 Å².